The van der Waals surface area contributed by atoms with Crippen LogP contribution in [0, 0.1) is 0 Å². The molecule has 0 amide bonds. The molecule has 0 spiro atoms. The number of rotatable bonds is 4. The maximum absolute atomic E-state index is 8.57. The lowest BCUT2D eigenvalue weighted by molar-refractivity contribution is 0.201. The average molecular weight is 206 g/mol. The van der Waals surface area contributed by atoms with Crippen LogP contribution in [-0.2, 0) is 0 Å². The minimum Gasteiger partial charge on any atom is -0.491 e. The van der Waals surface area contributed by atoms with Crippen molar-refractivity contribution in [2.75, 3.05) is 13.2 Å². The Morgan fingerprint density at radius 1 is 1.27 bits per heavy atom. The summed E-state index contributed by atoms with van der Waals surface area (Å²) in [6.45, 7) is 0.300. The minimum absolute atomic E-state index is 0.00654. The second-order valence-electron chi connectivity index (χ2n) is 2.85. The molecule has 0 unspecified atom stereocenters. The van der Waals surface area contributed by atoms with E-state index in [0.29, 0.717) is 18.2 Å². The van der Waals surface area contributed by atoms with Gasteiger partial charge in [-0.3, -0.25) is 0 Å². The first kappa shape index (κ1) is 9.67. The summed E-state index contributed by atoms with van der Waals surface area (Å²) in [5.74, 6) is 1.25. The fourth-order valence-electron chi connectivity index (χ4n) is 1.16. The van der Waals surface area contributed by atoms with Gasteiger partial charge in [0.25, 0.3) is 0 Å². The van der Waals surface area contributed by atoms with E-state index >= 15 is 0 Å². The van der Waals surface area contributed by atoms with Crippen LogP contribution in [0.3, 0.4) is 0 Å². The normalized spacial score (nSPS) is 10.2. The molecule has 0 aliphatic heterocycles. The second-order valence-corrected chi connectivity index (χ2v) is 2.85. The Bertz CT molecular complexity index is 397. The van der Waals surface area contributed by atoms with Crippen LogP contribution in [0.1, 0.15) is 0 Å². The Balaban J connectivity index is 2.11. The van der Waals surface area contributed by atoms with Gasteiger partial charge in [0.1, 0.15) is 12.4 Å². The molecule has 1 aromatic carbocycles. The van der Waals surface area contributed by atoms with Gasteiger partial charge in [0.15, 0.2) is 0 Å². The van der Waals surface area contributed by atoms with Crippen LogP contribution in [0.15, 0.2) is 35.2 Å². The molecule has 2 rings (SSSR count). The second kappa shape index (κ2) is 4.56. The van der Waals surface area contributed by atoms with Gasteiger partial charge in [0.05, 0.1) is 6.61 Å². The van der Waals surface area contributed by atoms with Crippen LogP contribution >= 0.6 is 0 Å². The number of aliphatic hydroxyl groups excluding tert-OH is 1. The van der Waals surface area contributed by atoms with Crippen molar-refractivity contribution in [3.05, 3.63) is 30.7 Å². The summed E-state index contributed by atoms with van der Waals surface area (Å²) >= 11 is 0. The molecule has 1 aromatic heterocycles. The number of aliphatic hydroxyl groups is 1. The minimum atomic E-state index is 0.00654. The third kappa shape index (κ3) is 2.32. The predicted molar refractivity (Wildman–Crippen MR) is 52.3 cm³/mol. The number of hydrogen-bond donors (Lipinski definition) is 1. The van der Waals surface area contributed by atoms with Gasteiger partial charge in [-0.25, -0.2) is 0 Å². The maximum atomic E-state index is 8.57. The van der Waals surface area contributed by atoms with Crippen LogP contribution in [0.25, 0.3) is 11.4 Å². The molecule has 2 aromatic rings. The summed E-state index contributed by atoms with van der Waals surface area (Å²) < 4.78 is 9.85. The molecule has 0 aliphatic carbocycles. The van der Waals surface area contributed by atoms with Crippen molar-refractivity contribution < 1.29 is 14.4 Å². The molecule has 5 nitrogen and oxygen atoms in total. The van der Waals surface area contributed by atoms with Crippen molar-refractivity contribution in [1.29, 1.82) is 0 Å². The number of nitrogens with zero attached hydrogens (tertiary/aromatic N) is 2. The van der Waals surface area contributed by atoms with E-state index in [-0.39, 0.29) is 6.61 Å². The van der Waals surface area contributed by atoms with Gasteiger partial charge in [-0.1, -0.05) is 5.16 Å². The Morgan fingerprint density at radius 2 is 2.07 bits per heavy atom. The van der Waals surface area contributed by atoms with Crippen LogP contribution in [0.4, 0.5) is 0 Å². The summed E-state index contributed by atoms with van der Waals surface area (Å²) in [4.78, 5) is 3.92. The topological polar surface area (TPSA) is 68.4 Å². The first-order chi connectivity index (χ1) is 7.40. The van der Waals surface area contributed by atoms with Crippen LogP contribution in [0.2, 0.25) is 0 Å². The summed E-state index contributed by atoms with van der Waals surface area (Å²) in [6.07, 6.45) is 1.28. The number of hydrogen-bond acceptors (Lipinski definition) is 5. The highest BCUT2D eigenvalue weighted by atomic mass is 16.5. The Hall–Kier alpha value is -1.88. The average Bonchev–Trinajstić information content (AvgIpc) is 2.80. The SMILES string of the molecule is OCCOc1ccc(-c2ncon2)cc1. The van der Waals surface area contributed by atoms with Crippen molar-refractivity contribution in [3.63, 3.8) is 0 Å². The van der Waals surface area contributed by atoms with Gasteiger partial charge in [-0.15, -0.1) is 0 Å². The molecule has 0 fully saturated rings. The zero-order valence-corrected chi connectivity index (χ0v) is 7.96. The van der Waals surface area contributed by atoms with Gasteiger partial charge in [-0.2, -0.15) is 4.98 Å². The smallest absolute Gasteiger partial charge is 0.214 e. The van der Waals surface area contributed by atoms with Crippen LogP contribution in [0.5, 0.6) is 5.75 Å². The van der Waals surface area contributed by atoms with Gasteiger partial charge in [0.2, 0.25) is 12.2 Å². The zero-order chi connectivity index (χ0) is 10.5. The molecular weight excluding hydrogens is 196 g/mol. The quantitative estimate of drug-likeness (QED) is 0.811. The van der Waals surface area contributed by atoms with E-state index in [1.165, 1.54) is 6.39 Å². The lowest BCUT2D eigenvalue weighted by Crippen LogP contribution is -2.01. The van der Waals surface area contributed by atoms with Crippen molar-refractivity contribution in [1.82, 2.24) is 10.1 Å². The molecule has 1 heterocycles. The standard InChI is InChI=1S/C10H10N2O3/c13-5-6-14-9-3-1-8(2-4-9)10-11-7-15-12-10/h1-4,7,13H,5-6H2. The summed E-state index contributed by atoms with van der Waals surface area (Å²) in [7, 11) is 0. The predicted octanol–water partition coefficient (Wildman–Crippen LogP) is 1.11. The fraction of sp³-hybridized carbons (Fsp3) is 0.200. The molecule has 0 radical (unpaired) electrons. The first-order valence-corrected chi connectivity index (χ1v) is 4.50. The van der Waals surface area contributed by atoms with E-state index in [4.69, 9.17) is 9.84 Å². The highest BCUT2D eigenvalue weighted by Gasteiger charge is 2.02. The maximum Gasteiger partial charge on any atom is 0.214 e. The summed E-state index contributed by atoms with van der Waals surface area (Å²) in [5.41, 5.74) is 0.861. The van der Waals surface area contributed by atoms with E-state index in [2.05, 4.69) is 14.7 Å². The van der Waals surface area contributed by atoms with Crippen molar-refractivity contribution in [2.45, 2.75) is 0 Å². The van der Waals surface area contributed by atoms with E-state index in [9.17, 15) is 0 Å². The van der Waals surface area contributed by atoms with E-state index < -0.39 is 0 Å². The largest absolute Gasteiger partial charge is 0.491 e. The van der Waals surface area contributed by atoms with E-state index in [1.807, 2.05) is 12.1 Å². The lowest BCUT2D eigenvalue weighted by Gasteiger charge is -2.03. The van der Waals surface area contributed by atoms with Crippen molar-refractivity contribution in [3.8, 4) is 17.1 Å². The van der Waals surface area contributed by atoms with Gasteiger partial charge >= 0.3 is 0 Å². The van der Waals surface area contributed by atoms with Gasteiger partial charge in [0, 0.05) is 5.56 Å². The zero-order valence-electron chi connectivity index (χ0n) is 7.96. The molecule has 0 bridgehead atoms. The Labute approximate surface area is 86.3 Å². The van der Waals surface area contributed by atoms with E-state index in [0.717, 1.165) is 5.56 Å². The van der Waals surface area contributed by atoms with Gasteiger partial charge in [-0.05, 0) is 24.3 Å². The summed E-state index contributed by atoms with van der Waals surface area (Å²) in [5, 5.41) is 12.3. The Morgan fingerprint density at radius 3 is 2.67 bits per heavy atom. The molecule has 0 saturated carbocycles. The molecule has 0 aliphatic rings. The molecule has 0 saturated heterocycles. The van der Waals surface area contributed by atoms with E-state index in [1.54, 1.807) is 12.1 Å². The lowest BCUT2D eigenvalue weighted by atomic mass is 10.2. The highest BCUT2D eigenvalue weighted by Crippen LogP contribution is 2.18. The molecular formula is C10H10N2O3. The number of ether oxygens (including phenoxy) is 1. The first-order valence-electron chi connectivity index (χ1n) is 4.50. The molecule has 0 atom stereocenters. The molecule has 15 heavy (non-hydrogen) atoms. The van der Waals surface area contributed by atoms with Crippen molar-refractivity contribution in [2.24, 2.45) is 0 Å². The molecule has 78 valence electrons. The van der Waals surface area contributed by atoms with Crippen molar-refractivity contribution >= 4 is 0 Å². The number of benzene rings is 1. The van der Waals surface area contributed by atoms with Crippen LogP contribution < -0.4 is 4.74 Å². The third-order valence-electron chi connectivity index (χ3n) is 1.83. The Kier molecular flexibility index (Phi) is 2.94. The third-order valence-corrected chi connectivity index (χ3v) is 1.83. The molecule has 5 heteroatoms. The monoisotopic (exact) mass is 206 g/mol. The van der Waals surface area contributed by atoms with Crippen LogP contribution in [-0.4, -0.2) is 28.5 Å². The fourth-order valence-corrected chi connectivity index (χ4v) is 1.16. The summed E-state index contributed by atoms with van der Waals surface area (Å²) in [6, 6.07) is 7.25. The molecule has 1 N–H and O–H groups in total. The number of aromatic nitrogens is 2. The van der Waals surface area contributed by atoms with Gasteiger partial charge < -0.3 is 14.4 Å². The highest BCUT2D eigenvalue weighted by molar-refractivity contribution is 5.55.